The van der Waals surface area contributed by atoms with E-state index < -0.39 is 0 Å². The molecule has 0 aliphatic heterocycles. The fraction of sp³-hybridized carbons (Fsp3) is 0.375. The molecule has 0 unspecified atom stereocenters. The molecule has 1 aromatic heterocycles. The van der Waals surface area contributed by atoms with Crippen LogP contribution in [0.1, 0.15) is 29.0 Å². The molecule has 1 aliphatic carbocycles. The maximum absolute atomic E-state index is 11.1. The number of Topliss-reactive ketones (excluding diaryl/α,β-unsaturated/α-hetero) is 1. The van der Waals surface area contributed by atoms with Gasteiger partial charge in [0.15, 0.2) is 11.5 Å². The molecule has 0 saturated heterocycles. The zero-order chi connectivity index (χ0) is 6.97. The Hall–Kier alpha value is -1.05. The van der Waals surface area contributed by atoms with E-state index >= 15 is 0 Å². The summed E-state index contributed by atoms with van der Waals surface area (Å²) in [5.41, 5.74) is 1.08. The first-order valence-electron chi connectivity index (χ1n) is 3.47. The van der Waals surface area contributed by atoms with E-state index in [0.29, 0.717) is 12.2 Å². The normalized spacial score (nSPS) is 17.0. The van der Waals surface area contributed by atoms with E-state index in [0.717, 1.165) is 18.4 Å². The molecule has 0 spiro atoms. The number of carbonyl (C=O) groups is 1. The molecule has 2 rings (SSSR count). The second-order valence-electron chi connectivity index (χ2n) is 2.55. The molecular weight excluding hydrogens is 128 g/mol. The topological polar surface area (TPSA) is 30.2 Å². The largest absolute Gasteiger partial charge is 0.461 e. The predicted octanol–water partition coefficient (Wildman–Crippen LogP) is 1.80. The van der Waals surface area contributed by atoms with Gasteiger partial charge >= 0.3 is 0 Å². The van der Waals surface area contributed by atoms with Crippen molar-refractivity contribution >= 4 is 5.78 Å². The summed E-state index contributed by atoms with van der Waals surface area (Å²) in [6, 6.07) is 1.88. The number of carbonyl (C=O) groups excluding carboxylic acids is 1. The third kappa shape index (κ3) is 0.685. The molecule has 0 saturated carbocycles. The Labute approximate surface area is 58.8 Å². The van der Waals surface area contributed by atoms with Crippen molar-refractivity contribution in [2.45, 2.75) is 19.3 Å². The Morgan fingerprint density at radius 2 is 2.30 bits per heavy atom. The van der Waals surface area contributed by atoms with E-state index in [1.54, 1.807) is 6.26 Å². The number of hydrogen-bond donors (Lipinski definition) is 0. The van der Waals surface area contributed by atoms with Crippen LogP contribution < -0.4 is 0 Å². The zero-order valence-corrected chi connectivity index (χ0v) is 5.59. The molecule has 1 aromatic rings. The highest BCUT2D eigenvalue weighted by molar-refractivity contribution is 5.95. The molecule has 52 valence electrons. The third-order valence-corrected chi connectivity index (χ3v) is 1.85. The molecule has 0 N–H and O–H groups in total. The second kappa shape index (κ2) is 1.97. The fourth-order valence-corrected chi connectivity index (χ4v) is 1.33. The van der Waals surface area contributed by atoms with E-state index in [-0.39, 0.29) is 5.78 Å². The van der Waals surface area contributed by atoms with Crippen LogP contribution in [0.15, 0.2) is 16.7 Å². The van der Waals surface area contributed by atoms with Gasteiger partial charge in [-0.2, -0.15) is 0 Å². The van der Waals surface area contributed by atoms with Gasteiger partial charge in [0.2, 0.25) is 0 Å². The van der Waals surface area contributed by atoms with Crippen LogP contribution in [0, 0.1) is 0 Å². The van der Waals surface area contributed by atoms with Crippen molar-refractivity contribution in [2.75, 3.05) is 0 Å². The minimum Gasteiger partial charge on any atom is -0.461 e. The molecule has 10 heavy (non-hydrogen) atoms. The van der Waals surface area contributed by atoms with Crippen LogP contribution >= 0.6 is 0 Å². The molecule has 0 bridgehead atoms. The molecule has 1 aliphatic rings. The number of ketones is 1. The summed E-state index contributed by atoms with van der Waals surface area (Å²) in [5, 5.41) is 0. The maximum Gasteiger partial charge on any atom is 0.198 e. The molecule has 1 heterocycles. The molecule has 0 atom stereocenters. The summed E-state index contributed by atoms with van der Waals surface area (Å²) < 4.78 is 5.02. The van der Waals surface area contributed by atoms with Crippen LogP contribution in [0.5, 0.6) is 0 Å². The van der Waals surface area contributed by atoms with E-state index in [1.165, 1.54) is 0 Å². The lowest BCUT2D eigenvalue weighted by molar-refractivity contribution is 0.0944. The van der Waals surface area contributed by atoms with Gasteiger partial charge in [-0.15, -0.1) is 0 Å². The van der Waals surface area contributed by atoms with Crippen molar-refractivity contribution in [3.05, 3.63) is 23.7 Å². The van der Waals surface area contributed by atoms with Crippen LogP contribution in [-0.2, 0) is 6.42 Å². The van der Waals surface area contributed by atoms with Crippen LogP contribution in [0.2, 0.25) is 0 Å². The van der Waals surface area contributed by atoms with Gasteiger partial charge in [0.05, 0.1) is 6.26 Å². The maximum atomic E-state index is 11.1. The average Bonchev–Trinajstić information content (AvgIpc) is 2.36. The van der Waals surface area contributed by atoms with Gasteiger partial charge in [0.25, 0.3) is 0 Å². The molecule has 0 aromatic carbocycles. The van der Waals surface area contributed by atoms with Gasteiger partial charge in [0.1, 0.15) is 0 Å². The second-order valence-corrected chi connectivity index (χ2v) is 2.55. The quantitative estimate of drug-likeness (QED) is 0.544. The molecular formula is C8H8O2. The van der Waals surface area contributed by atoms with Crippen LogP contribution in [0.3, 0.4) is 0 Å². The Kier molecular flexibility index (Phi) is 1.13. The number of rotatable bonds is 0. The van der Waals surface area contributed by atoms with Crippen molar-refractivity contribution < 1.29 is 9.21 Å². The van der Waals surface area contributed by atoms with Crippen LogP contribution in [-0.4, -0.2) is 5.78 Å². The first-order chi connectivity index (χ1) is 4.88. The van der Waals surface area contributed by atoms with Crippen molar-refractivity contribution in [1.29, 1.82) is 0 Å². The monoisotopic (exact) mass is 136 g/mol. The molecule has 2 heteroatoms. The predicted molar refractivity (Wildman–Crippen MR) is 36.0 cm³/mol. The summed E-state index contributed by atoms with van der Waals surface area (Å²) in [6.07, 6.45) is 4.22. The Morgan fingerprint density at radius 3 is 3.10 bits per heavy atom. The minimum absolute atomic E-state index is 0.159. The molecule has 2 nitrogen and oxygen atoms in total. The van der Waals surface area contributed by atoms with Crippen molar-refractivity contribution in [2.24, 2.45) is 0 Å². The first-order valence-corrected chi connectivity index (χ1v) is 3.47. The smallest absolute Gasteiger partial charge is 0.198 e. The van der Waals surface area contributed by atoms with Crippen LogP contribution in [0.25, 0.3) is 0 Å². The standard InChI is InChI=1S/C8H8O2/c9-7-3-1-2-6-4-5-10-8(6)7/h4-5H,1-3H2. The number of hydrogen-bond acceptors (Lipinski definition) is 2. The summed E-state index contributed by atoms with van der Waals surface area (Å²) in [5.74, 6) is 0.748. The van der Waals surface area contributed by atoms with E-state index in [9.17, 15) is 4.79 Å². The molecule has 0 amide bonds. The lowest BCUT2D eigenvalue weighted by atomic mass is 9.98. The number of furan rings is 1. The van der Waals surface area contributed by atoms with Crippen molar-refractivity contribution in [3.63, 3.8) is 0 Å². The lowest BCUT2D eigenvalue weighted by Gasteiger charge is -2.06. The Bertz CT molecular complexity index is 260. The Balaban J connectivity index is 2.50. The zero-order valence-electron chi connectivity index (χ0n) is 5.59. The van der Waals surface area contributed by atoms with E-state index in [1.807, 2.05) is 6.07 Å². The van der Waals surface area contributed by atoms with E-state index in [4.69, 9.17) is 4.42 Å². The highest BCUT2D eigenvalue weighted by Crippen LogP contribution is 2.21. The van der Waals surface area contributed by atoms with Crippen molar-refractivity contribution in [3.8, 4) is 0 Å². The van der Waals surface area contributed by atoms with Gasteiger partial charge in [-0.1, -0.05) is 0 Å². The van der Waals surface area contributed by atoms with Gasteiger partial charge < -0.3 is 4.42 Å². The number of aryl methyl sites for hydroxylation is 1. The van der Waals surface area contributed by atoms with Crippen LogP contribution in [0.4, 0.5) is 0 Å². The first kappa shape index (κ1) is 5.71. The SMILES string of the molecule is O=C1CCCc2ccoc21. The minimum atomic E-state index is 0.159. The Morgan fingerprint density at radius 1 is 1.40 bits per heavy atom. The molecule has 0 radical (unpaired) electrons. The van der Waals surface area contributed by atoms with Gasteiger partial charge in [-0.3, -0.25) is 4.79 Å². The van der Waals surface area contributed by atoms with Gasteiger partial charge in [-0.05, 0) is 18.9 Å². The summed E-state index contributed by atoms with van der Waals surface area (Å²) >= 11 is 0. The summed E-state index contributed by atoms with van der Waals surface area (Å²) in [6.45, 7) is 0. The fourth-order valence-electron chi connectivity index (χ4n) is 1.33. The van der Waals surface area contributed by atoms with E-state index in [2.05, 4.69) is 0 Å². The molecule has 0 fully saturated rings. The highest BCUT2D eigenvalue weighted by Gasteiger charge is 2.19. The number of fused-ring (bicyclic) bond motifs is 1. The van der Waals surface area contributed by atoms with Gasteiger partial charge in [-0.25, -0.2) is 0 Å². The average molecular weight is 136 g/mol. The summed E-state index contributed by atoms with van der Waals surface area (Å²) in [4.78, 5) is 11.1. The van der Waals surface area contributed by atoms with Crippen molar-refractivity contribution in [1.82, 2.24) is 0 Å². The lowest BCUT2D eigenvalue weighted by Crippen LogP contribution is -2.07. The van der Waals surface area contributed by atoms with Gasteiger partial charge in [0, 0.05) is 12.0 Å². The highest BCUT2D eigenvalue weighted by atomic mass is 16.3. The summed E-state index contributed by atoms with van der Waals surface area (Å²) in [7, 11) is 0. The third-order valence-electron chi connectivity index (χ3n) is 1.85.